The number of aryl methyl sites for hydroxylation is 1. The Morgan fingerprint density at radius 1 is 1.44 bits per heavy atom. The average molecular weight is 219 g/mol. The minimum atomic E-state index is -1.11. The van der Waals surface area contributed by atoms with E-state index in [2.05, 4.69) is 4.98 Å². The number of oxazole rings is 1. The van der Waals surface area contributed by atoms with Crippen molar-refractivity contribution in [3.05, 3.63) is 29.7 Å². The molecule has 0 spiro atoms. The maximum Gasteiger partial charge on any atom is 0.318 e. The van der Waals surface area contributed by atoms with Crippen LogP contribution in [0.15, 0.2) is 22.6 Å². The lowest BCUT2D eigenvalue weighted by Gasteiger charge is -2.13. The summed E-state index contributed by atoms with van der Waals surface area (Å²) >= 11 is 0. The van der Waals surface area contributed by atoms with Crippen molar-refractivity contribution in [3.63, 3.8) is 0 Å². The highest BCUT2D eigenvalue weighted by molar-refractivity contribution is 5.81. The second-order valence-corrected chi connectivity index (χ2v) is 4.37. The zero-order valence-electron chi connectivity index (χ0n) is 9.44. The summed E-state index contributed by atoms with van der Waals surface area (Å²) in [4.78, 5) is 15.3. The number of carboxylic acid groups (broad SMARTS) is 1. The number of fused-ring (bicyclic) bond motifs is 1. The molecule has 0 atom stereocenters. The van der Waals surface area contributed by atoms with E-state index in [1.54, 1.807) is 13.8 Å². The van der Waals surface area contributed by atoms with E-state index in [1.807, 2.05) is 25.1 Å². The van der Waals surface area contributed by atoms with Crippen molar-refractivity contribution in [2.45, 2.75) is 26.2 Å². The van der Waals surface area contributed by atoms with Gasteiger partial charge in [0.05, 0.1) is 0 Å². The molecule has 1 aromatic heterocycles. The Morgan fingerprint density at radius 3 is 2.69 bits per heavy atom. The van der Waals surface area contributed by atoms with E-state index in [0.29, 0.717) is 11.1 Å². The largest absolute Gasteiger partial charge is 0.480 e. The molecule has 0 unspecified atom stereocenters. The molecule has 2 rings (SSSR count). The predicted molar refractivity (Wildman–Crippen MR) is 59.4 cm³/mol. The van der Waals surface area contributed by atoms with Crippen molar-refractivity contribution < 1.29 is 14.3 Å². The number of rotatable bonds is 2. The molecule has 2 aromatic rings. The van der Waals surface area contributed by atoms with Crippen molar-refractivity contribution in [1.82, 2.24) is 4.98 Å². The molecule has 0 saturated carbocycles. The van der Waals surface area contributed by atoms with Crippen LogP contribution in [0.3, 0.4) is 0 Å². The Kier molecular flexibility index (Phi) is 2.22. The predicted octanol–water partition coefficient (Wildman–Crippen LogP) is 2.50. The summed E-state index contributed by atoms with van der Waals surface area (Å²) in [7, 11) is 0. The Hall–Kier alpha value is -1.84. The van der Waals surface area contributed by atoms with Gasteiger partial charge < -0.3 is 9.52 Å². The number of carboxylic acids is 1. The lowest BCUT2D eigenvalue weighted by molar-refractivity contribution is -0.143. The minimum absolute atomic E-state index is 0.240. The zero-order chi connectivity index (χ0) is 11.9. The van der Waals surface area contributed by atoms with Gasteiger partial charge in [0.1, 0.15) is 10.9 Å². The molecule has 4 heteroatoms. The fraction of sp³-hybridized carbons (Fsp3) is 0.333. The van der Waals surface area contributed by atoms with Crippen LogP contribution in [0.1, 0.15) is 25.3 Å². The van der Waals surface area contributed by atoms with Crippen LogP contribution in [-0.2, 0) is 10.2 Å². The molecule has 1 N–H and O–H groups in total. The van der Waals surface area contributed by atoms with Crippen molar-refractivity contribution >= 4 is 17.1 Å². The molecular weight excluding hydrogens is 206 g/mol. The molecule has 0 fully saturated rings. The molecule has 0 aliphatic rings. The fourth-order valence-electron chi connectivity index (χ4n) is 1.45. The first kappa shape index (κ1) is 10.7. The van der Waals surface area contributed by atoms with Crippen LogP contribution in [0, 0.1) is 6.92 Å². The highest BCUT2D eigenvalue weighted by atomic mass is 16.4. The van der Waals surface area contributed by atoms with E-state index < -0.39 is 11.4 Å². The molecular formula is C12H13NO3. The molecule has 0 amide bonds. The molecule has 0 aliphatic heterocycles. The molecule has 0 bridgehead atoms. The molecule has 16 heavy (non-hydrogen) atoms. The number of benzene rings is 1. The Balaban J connectivity index is 2.64. The molecule has 84 valence electrons. The van der Waals surface area contributed by atoms with Crippen LogP contribution in [0.5, 0.6) is 0 Å². The third-order valence-corrected chi connectivity index (χ3v) is 2.68. The third kappa shape index (κ3) is 1.46. The van der Waals surface area contributed by atoms with Crippen LogP contribution < -0.4 is 0 Å². The van der Waals surface area contributed by atoms with Gasteiger partial charge in [0.2, 0.25) is 5.89 Å². The molecule has 4 nitrogen and oxygen atoms in total. The maximum atomic E-state index is 11.1. The monoisotopic (exact) mass is 219 g/mol. The van der Waals surface area contributed by atoms with Gasteiger partial charge in [0, 0.05) is 0 Å². The van der Waals surface area contributed by atoms with Crippen molar-refractivity contribution in [3.8, 4) is 0 Å². The van der Waals surface area contributed by atoms with Crippen LogP contribution in [0.2, 0.25) is 0 Å². The van der Waals surface area contributed by atoms with Gasteiger partial charge in [0.25, 0.3) is 0 Å². The first-order valence-corrected chi connectivity index (χ1v) is 5.03. The zero-order valence-corrected chi connectivity index (χ0v) is 9.44. The van der Waals surface area contributed by atoms with Gasteiger partial charge >= 0.3 is 5.97 Å². The van der Waals surface area contributed by atoms with Gasteiger partial charge in [-0.15, -0.1) is 0 Å². The van der Waals surface area contributed by atoms with Crippen LogP contribution >= 0.6 is 0 Å². The topological polar surface area (TPSA) is 63.3 Å². The Morgan fingerprint density at radius 2 is 2.12 bits per heavy atom. The third-order valence-electron chi connectivity index (χ3n) is 2.68. The second kappa shape index (κ2) is 3.33. The average Bonchev–Trinajstić information content (AvgIpc) is 2.63. The summed E-state index contributed by atoms with van der Waals surface area (Å²) in [5, 5.41) is 9.09. The van der Waals surface area contributed by atoms with E-state index in [9.17, 15) is 4.79 Å². The summed E-state index contributed by atoms with van der Waals surface area (Å²) < 4.78 is 5.53. The smallest absolute Gasteiger partial charge is 0.318 e. The van der Waals surface area contributed by atoms with E-state index in [-0.39, 0.29) is 5.89 Å². The first-order valence-electron chi connectivity index (χ1n) is 5.03. The fourth-order valence-corrected chi connectivity index (χ4v) is 1.45. The maximum absolute atomic E-state index is 11.1. The van der Waals surface area contributed by atoms with Gasteiger partial charge in [-0.05, 0) is 32.4 Å². The number of hydrogen-bond acceptors (Lipinski definition) is 3. The summed E-state index contributed by atoms with van der Waals surface area (Å²) in [6.45, 7) is 5.07. The van der Waals surface area contributed by atoms with Crippen molar-refractivity contribution in [2.75, 3.05) is 0 Å². The summed E-state index contributed by atoms with van der Waals surface area (Å²) in [6, 6.07) is 5.59. The SMILES string of the molecule is Cc1cccc2nc(C(C)(C)C(=O)O)oc12. The highest BCUT2D eigenvalue weighted by Crippen LogP contribution is 2.28. The minimum Gasteiger partial charge on any atom is -0.480 e. The number of carbonyl (C=O) groups is 1. The second-order valence-electron chi connectivity index (χ2n) is 4.37. The Labute approximate surface area is 92.9 Å². The van der Waals surface area contributed by atoms with Gasteiger partial charge in [-0.1, -0.05) is 12.1 Å². The van der Waals surface area contributed by atoms with E-state index in [4.69, 9.17) is 9.52 Å². The van der Waals surface area contributed by atoms with Gasteiger partial charge in [-0.3, -0.25) is 4.79 Å². The van der Waals surface area contributed by atoms with E-state index in [0.717, 1.165) is 5.56 Å². The molecule has 0 saturated heterocycles. The standard InChI is InChI=1S/C12H13NO3/c1-7-5-4-6-8-9(7)16-10(13-8)12(2,3)11(14)15/h4-6H,1-3H3,(H,14,15). The van der Waals surface area contributed by atoms with Gasteiger partial charge in [-0.2, -0.15) is 0 Å². The number of para-hydroxylation sites is 1. The lowest BCUT2D eigenvalue weighted by Crippen LogP contribution is -2.28. The van der Waals surface area contributed by atoms with Crippen molar-refractivity contribution in [1.29, 1.82) is 0 Å². The van der Waals surface area contributed by atoms with Crippen LogP contribution in [0.4, 0.5) is 0 Å². The first-order chi connectivity index (χ1) is 7.43. The van der Waals surface area contributed by atoms with Gasteiger partial charge in [-0.25, -0.2) is 4.98 Å². The number of hydrogen-bond donors (Lipinski definition) is 1. The molecule has 0 aliphatic carbocycles. The summed E-state index contributed by atoms with van der Waals surface area (Å²) in [6.07, 6.45) is 0. The van der Waals surface area contributed by atoms with Crippen molar-refractivity contribution in [2.24, 2.45) is 0 Å². The normalized spacial score (nSPS) is 11.9. The summed E-state index contributed by atoms with van der Waals surface area (Å²) in [5.41, 5.74) is 1.21. The number of aliphatic carboxylic acids is 1. The number of nitrogens with zero attached hydrogens (tertiary/aromatic N) is 1. The molecule has 0 radical (unpaired) electrons. The van der Waals surface area contributed by atoms with Crippen LogP contribution in [-0.4, -0.2) is 16.1 Å². The van der Waals surface area contributed by atoms with Crippen LogP contribution in [0.25, 0.3) is 11.1 Å². The van der Waals surface area contributed by atoms with E-state index >= 15 is 0 Å². The summed E-state index contributed by atoms with van der Waals surface area (Å²) in [5.74, 6) is -0.707. The lowest BCUT2D eigenvalue weighted by atomic mass is 9.94. The number of aromatic nitrogens is 1. The quantitative estimate of drug-likeness (QED) is 0.842. The Bertz CT molecular complexity index is 554. The van der Waals surface area contributed by atoms with Gasteiger partial charge in [0.15, 0.2) is 5.58 Å². The molecule has 1 heterocycles. The highest BCUT2D eigenvalue weighted by Gasteiger charge is 2.35. The molecule has 1 aromatic carbocycles. The van der Waals surface area contributed by atoms with E-state index in [1.165, 1.54) is 0 Å².